The standard InChI is InChI=1S/C11H15N3O4/c1-3-11(2,12)10(16)13-8-5-4-7(14(17)18)6-9(8)15/h4-6,15H,3,12H2,1-2H3,(H,13,16). The first kappa shape index (κ1) is 13.9. The normalized spacial score (nSPS) is 13.7. The van der Waals surface area contributed by atoms with E-state index < -0.39 is 16.4 Å². The monoisotopic (exact) mass is 253 g/mol. The van der Waals surface area contributed by atoms with Crippen molar-refractivity contribution in [2.75, 3.05) is 5.32 Å². The lowest BCUT2D eigenvalue weighted by molar-refractivity contribution is -0.384. The van der Waals surface area contributed by atoms with Gasteiger partial charge in [-0.05, 0) is 19.4 Å². The van der Waals surface area contributed by atoms with Crippen LogP contribution in [0.1, 0.15) is 20.3 Å². The van der Waals surface area contributed by atoms with E-state index in [0.29, 0.717) is 6.42 Å². The number of amides is 1. The van der Waals surface area contributed by atoms with E-state index in [-0.39, 0.29) is 17.1 Å². The van der Waals surface area contributed by atoms with Crippen molar-refractivity contribution in [3.63, 3.8) is 0 Å². The summed E-state index contributed by atoms with van der Waals surface area (Å²) < 4.78 is 0. The first-order chi connectivity index (χ1) is 8.27. The van der Waals surface area contributed by atoms with Crippen LogP contribution in [0.5, 0.6) is 5.75 Å². The molecule has 0 spiro atoms. The van der Waals surface area contributed by atoms with Gasteiger partial charge >= 0.3 is 0 Å². The number of phenols is 1. The van der Waals surface area contributed by atoms with Crippen LogP contribution in [0, 0.1) is 10.1 Å². The van der Waals surface area contributed by atoms with Crippen molar-refractivity contribution < 1.29 is 14.8 Å². The minimum absolute atomic E-state index is 0.0933. The van der Waals surface area contributed by atoms with E-state index in [0.717, 1.165) is 6.07 Å². The molecule has 1 unspecified atom stereocenters. The van der Waals surface area contributed by atoms with Crippen molar-refractivity contribution in [1.29, 1.82) is 0 Å². The Kier molecular flexibility index (Phi) is 3.87. The van der Waals surface area contributed by atoms with E-state index in [1.807, 2.05) is 0 Å². The molecular formula is C11H15N3O4. The fourth-order valence-corrected chi connectivity index (χ4v) is 1.16. The molecule has 0 aliphatic heterocycles. The Bertz CT molecular complexity index is 485. The number of rotatable bonds is 4. The van der Waals surface area contributed by atoms with Crippen LogP contribution in [0.15, 0.2) is 18.2 Å². The molecule has 0 aromatic heterocycles. The van der Waals surface area contributed by atoms with Gasteiger partial charge in [0.25, 0.3) is 5.69 Å². The number of nitrogens with zero attached hydrogens (tertiary/aromatic N) is 1. The third kappa shape index (κ3) is 2.95. The largest absolute Gasteiger partial charge is 0.506 e. The number of phenolic OH excluding ortho intramolecular Hbond substituents is 1. The molecule has 1 aromatic rings. The molecule has 0 aliphatic carbocycles. The summed E-state index contributed by atoms with van der Waals surface area (Å²) in [5.41, 5.74) is 4.51. The van der Waals surface area contributed by atoms with E-state index in [1.165, 1.54) is 12.1 Å². The lowest BCUT2D eigenvalue weighted by Crippen LogP contribution is -2.47. The molecule has 98 valence electrons. The smallest absolute Gasteiger partial charge is 0.273 e. The number of carbonyl (C=O) groups excluding carboxylic acids is 1. The van der Waals surface area contributed by atoms with Crippen molar-refractivity contribution in [2.45, 2.75) is 25.8 Å². The first-order valence-corrected chi connectivity index (χ1v) is 5.35. The number of nitro benzene ring substituents is 1. The summed E-state index contributed by atoms with van der Waals surface area (Å²) in [5, 5.41) is 22.5. The zero-order valence-corrected chi connectivity index (χ0v) is 10.1. The van der Waals surface area contributed by atoms with Crippen molar-refractivity contribution in [3.8, 4) is 5.75 Å². The summed E-state index contributed by atoms with van der Waals surface area (Å²) in [5.74, 6) is -0.835. The van der Waals surface area contributed by atoms with Crippen LogP contribution < -0.4 is 11.1 Å². The molecule has 1 aromatic carbocycles. The summed E-state index contributed by atoms with van der Waals surface area (Å²) in [4.78, 5) is 21.6. The summed E-state index contributed by atoms with van der Waals surface area (Å²) in [6, 6.07) is 3.42. The Morgan fingerprint density at radius 1 is 1.61 bits per heavy atom. The van der Waals surface area contributed by atoms with E-state index >= 15 is 0 Å². The number of hydrogen-bond acceptors (Lipinski definition) is 5. The van der Waals surface area contributed by atoms with Crippen LogP contribution in [-0.2, 0) is 4.79 Å². The number of carbonyl (C=O) groups is 1. The van der Waals surface area contributed by atoms with Crippen molar-refractivity contribution in [1.82, 2.24) is 0 Å². The summed E-state index contributed by atoms with van der Waals surface area (Å²) in [7, 11) is 0. The molecule has 4 N–H and O–H groups in total. The highest BCUT2D eigenvalue weighted by atomic mass is 16.6. The zero-order valence-electron chi connectivity index (χ0n) is 10.1. The Morgan fingerprint density at radius 3 is 2.67 bits per heavy atom. The van der Waals surface area contributed by atoms with Crippen LogP contribution >= 0.6 is 0 Å². The molecule has 0 radical (unpaired) electrons. The van der Waals surface area contributed by atoms with E-state index in [1.54, 1.807) is 13.8 Å². The van der Waals surface area contributed by atoms with E-state index in [9.17, 15) is 20.0 Å². The number of aromatic hydroxyl groups is 1. The third-order valence-corrected chi connectivity index (χ3v) is 2.69. The Labute approximate surface area is 104 Å². The van der Waals surface area contributed by atoms with Gasteiger partial charge in [0.15, 0.2) is 0 Å². The molecule has 0 saturated carbocycles. The van der Waals surface area contributed by atoms with Gasteiger partial charge in [0.1, 0.15) is 5.75 Å². The molecular weight excluding hydrogens is 238 g/mol. The average molecular weight is 253 g/mol. The molecule has 18 heavy (non-hydrogen) atoms. The second-order valence-corrected chi connectivity index (χ2v) is 4.18. The minimum Gasteiger partial charge on any atom is -0.506 e. The number of nitro groups is 1. The van der Waals surface area contributed by atoms with E-state index in [2.05, 4.69) is 5.32 Å². The molecule has 7 heteroatoms. The number of non-ortho nitro benzene ring substituents is 1. The van der Waals surface area contributed by atoms with Crippen LogP contribution in [-0.4, -0.2) is 21.5 Å². The maximum atomic E-state index is 11.8. The highest BCUT2D eigenvalue weighted by Crippen LogP contribution is 2.28. The average Bonchev–Trinajstić information content (AvgIpc) is 2.31. The van der Waals surface area contributed by atoms with Crippen LogP contribution in [0.25, 0.3) is 0 Å². The summed E-state index contributed by atoms with van der Waals surface area (Å²) in [6.45, 7) is 3.32. The Morgan fingerprint density at radius 2 is 2.22 bits per heavy atom. The van der Waals surface area contributed by atoms with Gasteiger partial charge in [0.2, 0.25) is 5.91 Å². The maximum Gasteiger partial charge on any atom is 0.273 e. The molecule has 0 heterocycles. The van der Waals surface area contributed by atoms with Crippen LogP contribution in [0.3, 0.4) is 0 Å². The second-order valence-electron chi connectivity index (χ2n) is 4.18. The van der Waals surface area contributed by atoms with Gasteiger partial charge in [-0.15, -0.1) is 0 Å². The molecule has 1 rings (SSSR count). The zero-order chi connectivity index (χ0) is 13.9. The topological polar surface area (TPSA) is 118 Å². The highest BCUT2D eigenvalue weighted by Gasteiger charge is 2.26. The van der Waals surface area contributed by atoms with Gasteiger partial charge in [-0.1, -0.05) is 6.92 Å². The summed E-state index contributed by atoms with van der Waals surface area (Å²) in [6.07, 6.45) is 0.423. The number of anilines is 1. The first-order valence-electron chi connectivity index (χ1n) is 5.35. The minimum atomic E-state index is -1.06. The van der Waals surface area contributed by atoms with Crippen LogP contribution in [0.4, 0.5) is 11.4 Å². The highest BCUT2D eigenvalue weighted by molar-refractivity contribution is 5.98. The predicted molar refractivity (Wildman–Crippen MR) is 66.3 cm³/mol. The van der Waals surface area contributed by atoms with Gasteiger partial charge in [-0.2, -0.15) is 0 Å². The Hall–Kier alpha value is -2.15. The SMILES string of the molecule is CCC(C)(N)C(=O)Nc1ccc([N+](=O)[O-])cc1O. The number of nitrogens with one attached hydrogen (secondary N) is 1. The maximum absolute atomic E-state index is 11.8. The fourth-order valence-electron chi connectivity index (χ4n) is 1.16. The predicted octanol–water partition coefficient (Wildman–Crippen LogP) is 1.37. The van der Waals surface area contributed by atoms with Gasteiger partial charge in [-0.25, -0.2) is 0 Å². The quantitative estimate of drug-likeness (QED) is 0.425. The number of nitrogens with two attached hydrogens (primary N) is 1. The molecule has 1 atom stereocenters. The third-order valence-electron chi connectivity index (χ3n) is 2.69. The van der Waals surface area contributed by atoms with Gasteiger partial charge in [0, 0.05) is 6.07 Å². The number of hydrogen-bond donors (Lipinski definition) is 3. The van der Waals surface area contributed by atoms with E-state index in [4.69, 9.17) is 5.73 Å². The molecule has 7 nitrogen and oxygen atoms in total. The van der Waals surface area contributed by atoms with Gasteiger partial charge in [-0.3, -0.25) is 14.9 Å². The lowest BCUT2D eigenvalue weighted by atomic mass is 9.99. The van der Waals surface area contributed by atoms with Crippen molar-refractivity contribution in [3.05, 3.63) is 28.3 Å². The summed E-state index contributed by atoms with van der Waals surface area (Å²) >= 11 is 0. The van der Waals surface area contributed by atoms with Gasteiger partial charge < -0.3 is 16.2 Å². The lowest BCUT2D eigenvalue weighted by Gasteiger charge is -2.21. The second kappa shape index (κ2) is 5.01. The van der Waals surface area contributed by atoms with Crippen molar-refractivity contribution in [2.24, 2.45) is 5.73 Å². The van der Waals surface area contributed by atoms with Crippen molar-refractivity contribution >= 4 is 17.3 Å². The number of benzene rings is 1. The molecule has 0 fully saturated rings. The van der Waals surface area contributed by atoms with Gasteiger partial charge in [0.05, 0.1) is 22.2 Å². The fraction of sp³-hybridized carbons (Fsp3) is 0.364. The van der Waals surface area contributed by atoms with Crippen LogP contribution in [0.2, 0.25) is 0 Å². The Balaban J connectivity index is 2.93. The molecule has 1 amide bonds. The molecule has 0 bridgehead atoms. The molecule has 0 saturated heterocycles. The molecule has 0 aliphatic rings.